The fraction of sp³-hybridized carbons (Fsp3) is 0.500. The van der Waals surface area contributed by atoms with Crippen LogP contribution in [0.2, 0.25) is 0 Å². The van der Waals surface area contributed by atoms with E-state index < -0.39 is 0 Å². The molecule has 1 saturated heterocycles. The number of amides is 2. The first kappa shape index (κ1) is 14.5. The van der Waals surface area contributed by atoms with Crippen LogP contribution in [0.5, 0.6) is 0 Å². The van der Waals surface area contributed by atoms with Gasteiger partial charge in [-0.25, -0.2) is 0 Å². The molecule has 19 heavy (non-hydrogen) atoms. The number of halogens is 1. The van der Waals surface area contributed by atoms with Gasteiger partial charge in [0.1, 0.15) is 0 Å². The molecule has 0 saturated carbocycles. The predicted molar refractivity (Wildman–Crippen MR) is 76.2 cm³/mol. The molecule has 1 aromatic rings. The van der Waals surface area contributed by atoms with Gasteiger partial charge in [-0.05, 0) is 40.9 Å². The average Bonchev–Trinajstić information content (AvgIpc) is 2.83. The number of carbonyl (C=O) groups excluding carboxylic acids is 2. The summed E-state index contributed by atoms with van der Waals surface area (Å²) in [7, 11) is 0. The van der Waals surface area contributed by atoms with Crippen molar-refractivity contribution in [3.8, 4) is 0 Å². The van der Waals surface area contributed by atoms with Crippen molar-refractivity contribution in [1.29, 1.82) is 0 Å². The molecule has 2 rings (SSSR count). The largest absolute Gasteiger partial charge is 0.393 e. The van der Waals surface area contributed by atoms with Crippen molar-refractivity contribution in [2.24, 2.45) is 0 Å². The standard InChI is InChI=1S/C12H15BrN2O3S/c13-10-2-1-9(19-10)12(18)14-7-11(17)15-5-3-8(16)4-6-15/h1-2,8,16H,3-7H2,(H,14,18). The molecule has 0 bridgehead atoms. The minimum absolute atomic E-state index is 0.00441. The number of aliphatic hydroxyl groups excluding tert-OH is 1. The fourth-order valence-electron chi connectivity index (χ4n) is 1.91. The first-order chi connectivity index (χ1) is 9.06. The van der Waals surface area contributed by atoms with E-state index in [0.717, 1.165) is 3.79 Å². The summed E-state index contributed by atoms with van der Waals surface area (Å²) >= 11 is 4.62. The second kappa shape index (κ2) is 6.49. The maximum atomic E-state index is 11.9. The van der Waals surface area contributed by atoms with Gasteiger partial charge in [0.05, 0.1) is 21.3 Å². The molecule has 2 amide bonds. The number of thiophene rings is 1. The Balaban J connectivity index is 1.79. The van der Waals surface area contributed by atoms with Gasteiger partial charge in [0, 0.05) is 13.1 Å². The van der Waals surface area contributed by atoms with Gasteiger partial charge >= 0.3 is 0 Å². The molecule has 0 aromatic carbocycles. The van der Waals surface area contributed by atoms with Crippen LogP contribution in [-0.4, -0.2) is 47.6 Å². The highest BCUT2D eigenvalue weighted by Crippen LogP contribution is 2.21. The molecule has 0 unspecified atom stereocenters. The molecular weight excluding hydrogens is 332 g/mol. The molecule has 1 aromatic heterocycles. The summed E-state index contributed by atoms with van der Waals surface area (Å²) in [4.78, 5) is 25.9. The summed E-state index contributed by atoms with van der Waals surface area (Å²) in [5, 5.41) is 12.0. The van der Waals surface area contributed by atoms with Crippen LogP contribution in [0.4, 0.5) is 0 Å². The lowest BCUT2D eigenvalue weighted by molar-refractivity contribution is -0.132. The Bertz CT molecular complexity index is 469. The van der Waals surface area contributed by atoms with E-state index in [1.165, 1.54) is 11.3 Å². The van der Waals surface area contributed by atoms with Gasteiger partial charge in [0.15, 0.2) is 0 Å². The van der Waals surface area contributed by atoms with Crippen LogP contribution >= 0.6 is 27.3 Å². The summed E-state index contributed by atoms with van der Waals surface area (Å²) < 4.78 is 0.883. The highest BCUT2D eigenvalue weighted by atomic mass is 79.9. The maximum Gasteiger partial charge on any atom is 0.261 e. The molecule has 0 aliphatic carbocycles. The van der Waals surface area contributed by atoms with Crippen molar-refractivity contribution < 1.29 is 14.7 Å². The first-order valence-electron chi connectivity index (χ1n) is 6.05. The maximum absolute atomic E-state index is 11.9. The van der Waals surface area contributed by atoms with Crippen molar-refractivity contribution in [3.05, 3.63) is 20.8 Å². The van der Waals surface area contributed by atoms with E-state index in [1.54, 1.807) is 17.0 Å². The molecule has 2 N–H and O–H groups in total. The number of carbonyl (C=O) groups is 2. The summed E-state index contributed by atoms with van der Waals surface area (Å²) in [6.07, 6.45) is 0.914. The monoisotopic (exact) mass is 346 g/mol. The lowest BCUT2D eigenvalue weighted by atomic mass is 10.1. The number of likely N-dealkylation sites (tertiary alicyclic amines) is 1. The third kappa shape index (κ3) is 4.02. The molecule has 104 valence electrons. The Hall–Kier alpha value is -0.920. The summed E-state index contributed by atoms with van der Waals surface area (Å²) in [6, 6.07) is 3.51. The topological polar surface area (TPSA) is 69.6 Å². The van der Waals surface area contributed by atoms with Gasteiger partial charge in [0.25, 0.3) is 5.91 Å². The van der Waals surface area contributed by atoms with Gasteiger partial charge in [-0.15, -0.1) is 11.3 Å². The molecule has 0 atom stereocenters. The molecule has 7 heteroatoms. The minimum atomic E-state index is -0.304. The van der Waals surface area contributed by atoms with E-state index in [4.69, 9.17) is 0 Å². The molecule has 2 heterocycles. The lowest BCUT2D eigenvalue weighted by Gasteiger charge is -2.29. The highest BCUT2D eigenvalue weighted by Gasteiger charge is 2.21. The second-order valence-electron chi connectivity index (χ2n) is 4.40. The Morgan fingerprint density at radius 2 is 2.11 bits per heavy atom. The second-order valence-corrected chi connectivity index (χ2v) is 6.86. The van der Waals surface area contributed by atoms with Crippen LogP contribution in [0.3, 0.4) is 0 Å². The van der Waals surface area contributed by atoms with Gasteiger partial charge < -0.3 is 15.3 Å². The summed E-state index contributed by atoms with van der Waals surface area (Å²) in [6.45, 7) is 1.12. The Kier molecular flexibility index (Phi) is 4.95. The molecule has 5 nitrogen and oxygen atoms in total. The third-order valence-corrected chi connectivity index (χ3v) is 4.64. The SMILES string of the molecule is O=C(NCC(=O)N1CCC(O)CC1)c1ccc(Br)s1. The number of nitrogens with one attached hydrogen (secondary N) is 1. The number of nitrogens with zero attached hydrogens (tertiary/aromatic N) is 1. The van der Waals surface area contributed by atoms with Crippen molar-refractivity contribution in [2.75, 3.05) is 19.6 Å². The van der Waals surface area contributed by atoms with Crippen LogP contribution in [0.15, 0.2) is 15.9 Å². The lowest BCUT2D eigenvalue weighted by Crippen LogP contribution is -2.44. The number of piperidine rings is 1. The third-order valence-electron chi connectivity index (χ3n) is 3.01. The van der Waals surface area contributed by atoms with E-state index >= 15 is 0 Å². The van der Waals surface area contributed by atoms with Crippen LogP contribution in [0.25, 0.3) is 0 Å². The molecule has 0 radical (unpaired) electrons. The summed E-state index contributed by atoms with van der Waals surface area (Å²) in [5.41, 5.74) is 0. The van der Waals surface area contributed by atoms with Crippen LogP contribution in [0, 0.1) is 0 Å². The Labute approximate surface area is 123 Å². The van der Waals surface area contributed by atoms with Crippen molar-refractivity contribution in [1.82, 2.24) is 10.2 Å². The van der Waals surface area contributed by atoms with Crippen LogP contribution in [-0.2, 0) is 4.79 Å². The fourth-order valence-corrected chi connectivity index (χ4v) is 3.21. The van der Waals surface area contributed by atoms with Crippen molar-refractivity contribution in [3.63, 3.8) is 0 Å². The van der Waals surface area contributed by atoms with Crippen molar-refractivity contribution >= 4 is 39.1 Å². The predicted octanol–water partition coefficient (Wildman–Crippen LogP) is 1.22. The number of hydrogen-bond acceptors (Lipinski definition) is 4. The van der Waals surface area contributed by atoms with Crippen LogP contribution in [0.1, 0.15) is 22.5 Å². The molecule has 0 spiro atoms. The highest BCUT2D eigenvalue weighted by molar-refractivity contribution is 9.11. The first-order valence-corrected chi connectivity index (χ1v) is 7.66. The van der Waals surface area contributed by atoms with Crippen LogP contribution < -0.4 is 5.32 Å². The van der Waals surface area contributed by atoms with Gasteiger partial charge in [-0.1, -0.05) is 0 Å². The minimum Gasteiger partial charge on any atom is -0.393 e. The molecule has 1 fully saturated rings. The smallest absolute Gasteiger partial charge is 0.261 e. The normalized spacial score (nSPS) is 16.4. The quantitative estimate of drug-likeness (QED) is 0.864. The van der Waals surface area contributed by atoms with E-state index in [0.29, 0.717) is 30.8 Å². The average molecular weight is 347 g/mol. The number of rotatable bonds is 3. The zero-order valence-corrected chi connectivity index (χ0v) is 12.7. The van der Waals surface area contributed by atoms with E-state index in [9.17, 15) is 14.7 Å². The van der Waals surface area contributed by atoms with E-state index in [2.05, 4.69) is 21.2 Å². The zero-order valence-electron chi connectivity index (χ0n) is 10.3. The molecule has 1 aliphatic heterocycles. The van der Waals surface area contributed by atoms with Gasteiger partial charge in [-0.3, -0.25) is 9.59 Å². The molecular formula is C12H15BrN2O3S. The molecule has 1 aliphatic rings. The van der Waals surface area contributed by atoms with Gasteiger partial charge in [-0.2, -0.15) is 0 Å². The Morgan fingerprint density at radius 3 is 2.68 bits per heavy atom. The number of aliphatic hydroxyl groups is 1. The zero-order chi connectivity index (χ0) is 13.8. The Morgan fingerprint density at radius 1 is 1.42 bits per heavy atom. The van der Waals surface area contributed by atoms with E-state index in [-0.39, 0.29) is 24.5 Å². The van der Waals surface area contributed by atoms with Crippen molar-refractivity contribution in [2.45, 2.75) is 18.9 Å². The van der Waals surface area contributed by atoms with Gasteiger partial charge in [0.2, 0.25) is 5.91 Å². The summed E-state index contributed by atoms with van der Waals surface area (Å²) in [5.74, 6) is -0.336. The number of hydrogen-bond donors (Lipinski definition) is 2. The van der Waals surface area contributed by atoms with E-state index in [1.807, 2.05) is 0 Å².